The minimum absolute atomic E-state index is 0.0169. The van der Waals surface area contributed by atoms with Gasteiger partial charge in [0.1, 0.15) is 12.4 Å². The van der Waals surface area contributed by atoms with Gasteiger partial charge in [0.25, 0.3) is 5.91 Å². The highest BCUT2D eigenvalue weighted by molar-refractivity contribution is 6.32. The molecule has 11 nitrogen and oxygen atoms in total. The van der Waals surface area contributed by atoms with Crippen LogP contribution in [0.5, 0.6) is 5.75 Å². The molecule has 0 unspecified atom stereocenters. The Morgan fingerprint density at radius 3 is 2.62 bits per heavy atom. The number of nitrogens with one attached hydrogen (secondary N) is 1. The molecule has 2 aliphatic heterocycles. The van der Waals surface area contributed by atoms with Crippen molar-refractivity contribution in [2.24, 2.45) is 0 Å². The average Bonchev–Trinajstić information content (AvgIpc) is 2.97. The number of benzene rings is 1. The zero-order valence-corrected chi connectivity index (χ0v) is 24.4. The Labute approximate surface area is 245 Å². The molecule has 2 aliphatic rings. The number of anilines is 2. The molecule has 2 aromatic rings. The topological polar surface area (TPSA) is 140 Å². The molecule has 2 fully saturated rings. The number of piperazine rings is 1. The Bertz CT molecular complexity index is 1150. The van der Waals surface area contributed by atoms with Crippen LogP contribution in [0.1, 0.15) is 42.2 Å². The molecule has 5 N–H and O–H groups in total. The number of amides is 1. The maximum absolute atomic E-state index is 12.3. The van der Waals surface area contributed by atoms with Crippen LogP contribution in [0.25, 0.3) is 0 Å². The number of aliphatic hydroxyl groups excluding tert-OH is 2. The number of piperidine rings is 1. The van der Waals surface area contributed by atoms with Gasteiger partial charge in [-0.3, -0.25) is 14.6 Å². The first-order chi connectivity index (χ1) is 19.3. The predicted octanol–water partition coefficient (Wildman–Crippen LogP) is 2.02. The van der Waals surface area contributed by atoms with Gasteiger partial charge in [-0.2, -0.15) is 0 Å². The molecule has 0 bridgehead atoms. The van der Waals surface area contributed by atoms with Crippen LogP contribution in [0.2, 0.25) is 10.2 Å². The first kappa shape index (κ1) is 30.5. The second-order valence-electron chi connectivity index (χ2n) is 10.1. The van der Waals surface area contributed by atoms with Crippen LogP contribution in [0.4, 0.5) is 11.6 Å². The van der Waals surface area contributed by atoms with Crippen molar-refractivity contribution in [1.29, 1.82) is 0 Å². The third-order valence-corrected chi connectivity index (χ3v) is 8.06. The van der Waals surface area contributed by atoms with Crippen molar-refractivity contribution >= 4 is 40.7 Å². The average molecular weight is 597 g/mol. The van der Waals surface area contributed by atoms with E-state index in [0.717, 1.165) is 69.8 Å². The number of aromatic nitrogens is 2. The van der Waals surface area contributed by atoms with Crippen molar-refractivity contribution in [2.45, 2.75) is 44.8 Å². The molecule has 0 spiro atoms. The largest absolute Gasteiger partial charge is 0.491 e. The summed E-state index contributed by atoms with van der Waals surface area (Å²) in [5, 5.41) is 21.4. The maximum atomic E-state index is 12.3. The van der Waals surface area contributed by atoms with Gasteiger partial charge in [0.05, 0.1) is 13.2 Å². The van der Waals surface area contributed by atoms with Gasteiger partial charge < -0.3 is 30.9 Å². The molecule has 1 amide bonds. The van der Waals surface area contributed by atoms with Crippen LogP contribution in [0.15, 0.2) is 18.2 Å². The zero-order valence-electron chi connectivity index (χ0n) is 22.9. The number of rotatable bonds is 11. The Morgan fingerprint density at radius 2 is 1.93 bits per heavy atom. The van der Waals surface area contributed by atoms with Crippen LogP contribution >= 0.6 is 23.2 Å². The Hall–Kier alpha value is -2.41. The third kappa shape index (κ3) is 7.45. The number of carbonyl (C=O) groups excluding carboxylic acids is 1. The summed E-state index contributed by atoms with van der Waals surface area (Å²) in [6.07, 6.45) is 3.12. The van der Waals surface area contributed by atoms with E-state index in [1.807, 2.05) is 18.2 Å². The fourth-order valence-corrected chi connectivity index (χ4v) is 5.95. The summed E-state index contributed by atoms with van der Waals surface area (Å²) in [6.45, 7) is 7.41. The summed E-state index contributed by atoms with van der Waals surface area (Å²) in [7, 11) is 0. The number of nitrogens with two attached hydrogens (primary N) is 1. The molecule has 40 heavy (non-hydrogen) atoms. The highest BCUT2D eigenvalue weighted by Crippen LogP contribution is 2.31. The molecule has 3 heterocycles. The lowest BCUT2D eigenvalue weighted by Crippen LogP contribution is -2.58. The van der Waals surface area contributed by atoms with Crippen LogP contribution < -0.4 is 20.7 Å². The summed E-state index contributed by atoms with van der Waals surface area (Å²) in [6, 6.07) is 6.51. The van der Waals surface area contributed by atoms with Crippen molar-refractivity contribution < 1.29 is 19.7 Å². The second kappa shape index (κ2) is 14.5. The van der Waals surface area contributed by atoms with Crippen LogP contribution in [0, 0.1) is 0 Å². The van der Waals surface area contributed by atoms with E-state index in [9.17, 15) is 4.79 Å². The lowest BCUT2D eigenvalue weighted by molar-refractivity contribution is 0.0607. The molecule has 13 heteroatoms. The molecular formula is C27H39Cl2N7O4. The second-order valence-corrected chi connectivity index (χ2v) is 10.9. The summed E-state index contributed by atoms with van der Waals surface area (Å²) < 4.78 is 5.72. The van der Waals surface area contributed by atoms with Gasteiger partial charge in [0, 0.05) is 55.4 Å². The van der Waals surface area contributed by atoms with Crippen LogP contribution in [-0.4, -0.2) is 107 Å². The van der Waals surface area contributed by atoms with Crippen LogP contribution in [0.3, 0.4) is 0 Å². The highest BCUT2D eigenvalue weighted by atomic mass is 35.5. The number of halogens is 2. The fourth-order valence-electron chi connectivity index (χ4n) is 5.55. The zero-order chi connectivity index (χ0) is 28.6. The van der Waals surface area contributed by atoms with Crippen molar-refractivity contribution in [1.82, 2.24) is 25.1 Å². The van der Waals surface area contributed by atoms with Gasteiger partial charge in [-0.05, 0) is 44.5 Å². The van der Waals surface area contributed by atoms with Crippen LogP contribution in [-0.2, 0) is 6.54 Å². The Morgan fingerprint density at radius 1 is 1.15 bits per heavy atom. The number of hydrogen-bond acceptors (Lipinski definition) is 10. The highest BCUT2D eigenvalue weighted by Gasteiger charge is 2.34. The first-order valence-electron chi connectivity index (χ1n) is 13.8. The maximum Gasteiger partial charge on any atom is 0.273 e. The third-order valence-electron chi connectivity index (χ3n) is 7.57. The number of ether oxygens (including phenoxy) is 1. The van der Waals surface area contributed by atoms with Gasteiger partial charge in [-0.1, -0.05) is 36.2 Å². The molecule has 0 aliphatic carbocycles. The number of nitrogens with zero attached hydrogens (tertiary/aromatic N) is 5. The number of likely N-dealkylation sites (tertiary alicyclic amines) is 1. The minimum atomic E-state index is -0.514. The monoisotopic (exact) mass is 595 g/mol. The number of aliphatic hydroxyl groups is 2. The SMILES string of the molecule is CC[C@H]1CN(c2nc(N)c(C(=O)NCCO)nc2Cl)CCN1C1CCN(Cc2ccc(Cl)cc2OCCO)CC1. The lowest BCUT2D eigenvalue weighted by atomic mass is 9.97. The molecule has 2 saturated heterocycles. The van der Waals surface area contributed by atoms with Gasteiger partial charge in [0.15, 0.2) is 22.5 Å². The van der Waals surface area contributed by atoms with Gasteiger partial charge in [0.2, 0.25) is 0 Å². The van der Waals surface area contributed by atoms with E-state index in [1.165, 1.54) is 0 Å². The first-order valence-corrected chi connectivity index (χ1v) is 14.6. The number of hydrogen-bond donors (Lipinski definition) is 4. The van der Waals surface area contributed by atoms with E-state index in [0.29, 0.717) is 22.9 Å². The van der Waals surface area contributed by atoms with E-state index in [4.69, 9.17) is 43.9 Å². The standard InChI is InChI=1S/C27H39Cl2N7O4/c1-2-20-17-35(26-24(29)32-23(25(30)33-26)27(39)31-7-12-37)10-11-36(20)21-5-8-34(9-6-21)16-18-3-4-19(28)15-22(18)40-14-13-38/h3-4,15,20-21,37-38H,2,5-14,16-17H2,1H3,(H2,30,33)(H,31,39)/t20-/m0/s1. The molecule has 1 atom stereocenters. The minimum Gasteiger partial charge on any atom is -0.491 e. The van der Waals surface area contributed by atoms with Crippen molar-refractivity contribution in [3.63, 3.8) is 0 Å². The molecule has 220 valence electrons. The quantitative estimate of drug-likeness (QED) is 0.305. The van der Waals surface area contributed by atoms with Gasteiger partial charge >= 0.3 is 0 Å². The van der Waals surface area contributed by atoms with Gasteiger partial charge in [-0.15, -0.1) is 0 Å². The van der Waals surface area contributed by atoms with Gasteiger partial charge in [-0.25, -0.2) is 9.97 Å². The van der Waals surface area contributed by atoms with Crippen molar-refractivity contribution in [3.05, 3.63) is 39.6 Å². The predicted molar refractivity (Wildman–Crippen MR) is 156 cm³/mol. The summed E-state index contributed by atoms with van der Waals surface area (Å²) >= 11 is 12.6. The smallest absolute Gasteiger partial charge is 0.273 e. The number of nitrogen functional groups attached to an aromatic ring is 1. The summed E-state index contributed by atoms with van der Waals surface area (Å²) in [5.74, 6) is 0.725. The molecular weight excluding hydrogens is 557 g/mol. The molecule has 0 radical (unpaired) electrons. The Balaban J connectivity index is 1.35. The summed E-state index contributed by atoms with van der Waals surface area (Å²) in [4.78, 5) is 28.1. The Kier molecular flexibility index (Phi) is 11.1. The van der Waals surface area contributed by atoms with E-state index < -0.39 is 5.91 Å². The normalized spacial score (nSPS) is 19.1. The van der Waals surface area contributed by atoms with Crippen molar-refractivity contribution in [2.75, 3.05) is 69.7 Å². The lowest BCUT2D eigenvalue weighted by Gasteiger charge is -2.47. The summed E-state index contributed by atoms with van der Waals surface area (Å²) in [5.41, 5.74) is 7.10. The van der Waals surface area contributed by atoms with Crippen molar-refractivity contribution in [3.8, 4) is 5.75 Å². The number of carbonyl (C=O) groups is 1. The van der Waals surface area contributed by atoms with E-state index >= 15 is 0 Å². The molecule has 1 aromatic carbocycles. The van der Waals surface area contributed by atoms with E-state index in [1.54, 1.807) is 0 Å². The van der Waals surface area contributed by atoms with E-state index in [2.05, 4.69) is 36.9 Å². The van der Waals surface area contributed by atoms with E-state index in [-0.39, 0.29) is 43.0 Å². The fraction of sp³-hybridized carbons (Fsp3) is 0.593. The molecule has 0 saturated carbocycles. The molecule has 4 rings (SSSR count). The molecule has 1 aromatic heterocycles.